The van der Waals surface area contributed by atoms with Gasteiger partial charge in [0, 0.05) is 17.1 Å². The molecule has 3 aromatic rings. The van der Waals surface area contributed by atoms with Crippen LogP contribution in [0.15, 0.2) is 34.8 Å². The number of aliphatic carboxylic acids is 1. The van der Waals surface area contributed by atoms with Crippen LogP contribution in [0.5, 0.6) is 11.5 Å². The number of carbonyl (C=O) groups is 2. The summed E-state index contributed by atoms with van der Waals surface area (Å²) in [5, 5.41) is 19.1. The fourth-order valence-corrected chi connectivity index (χ4v) is 3.36. The molecule has 3 N–H and O–H groups in total. The number of ether oxygens (including phenoxy) is 1. The Morgan fingerprint density at radius 3 is 2.44 bits per heavy atom. The fourth-order valence-electron chi connectivity index (χ4n) is 2.49. The van der Waals surface area contributed by atoms with Gasteiger partial charge in [-0.2, -0.15) is 18.4 Å². The van der Waals surface area contributed by atoms with Crippen molar-refractivity contribution < 1.29 is 37.0 Å². The number of halogens is 7. The van der Waals surface area contributed by atoms with Crippen LogP contribution < -0.4 is 10.1 Å². The molecule has 0 fully saturated rings. The number of carboxylic acids is 1. The van der Waals surface area contributed by atoms with E-state index >= 15 is 0 Å². The van der Waals surface area contributed by atoms with Crippen LogP contribution in [0, 0.1) is 24.1 Å². The van der Waals surface area contributed by atoms with Crippen molar-refractivity contribution in [2.45, 2.75) is 19.6 Å². The van der Waals surface area contributed by atoms with E-state index < -0.39 is 23.9 Å². The number of nitrogens with zero attached hydrogens (tertiary/aromatic N) is 2. The van der Waals surface area contributed by atoms with Gasteiger partial charge >= 0.3 is 12.1 Å². The predicted octanol–water partition coefficient (Wildman–Crippen LogP) is 6.15. The molecule has 2 aromatic carbocycles. The van der Waals surface area contributed by atoms with E-state index in [9.17, 15) is 22.4 Å². The molecule has 3 rings (SSSR count). The molecule has 0 spiro atoms. The van der Waals surface area contributed by atoms with Crippen molar-refractivity contribution in [1.29, 1.82) is 5.26 Å². The maximum atomic E-state index is 15.0. The monoisotopic (exact) mass is 610 g/mol. The van der Waals surface area contributed by atoms with Crippen molar-refractivity contribution in [1.82, 2.24) is 15.3 Å². The Balaban J connectivity index is 0.000000572. The van der Waals surface area contributed by atoms with Crippen molar-refractivity contribution in [3.63, 3.8) is 0 Å². The molecule has 190 valence electrons. The number of aryl methyl sites for hydroxylation is 1. The molecule has 1 aromatic heterocycles. The third kappa shape index (κ3) is 7.84. The number of aromatic amines is 1. The highest BCUT2D eigenvalue weighted by molar-refractivity contribution is 9.10. The Labute approximate surface area is 218 Å². The van der Waals surface area contributed by atoms with Gasteiger partial charge in [0.25, 0.3) is 5.91 Å². The predicted molar refractivity (Wildman–Crippen MR) is 124 cm³/mol. The number of hydrogen-bond acceptors (Lipinski definition) is 5. The lowest BCUT2D eigenvalue weighted by molar-refractivity contribution is -0.192. The summed E-state index contributed by atoms with van der Waals surface area (Å²) in [7, 11) is 0. The minimum atomic E-state index is -5.08. The van der Waals surface area contributed by atoms with E-state index in [0.29, 0.717) is 10.3 Å². The van der Waals surface area contributed by atoms with Crippen LogP contribution in [0.3, 0.4) is 0 Å². The number of carbonyl (C=O) groups excluding carboxylic acids is 1. The van der Waals surface area contributed by atoms with Crippen molar-refractivity contribution in [3.05, 3.63) is 73.4 Å². The average Bonchev–Trinajstić information content (AvgIpc) is 3.13. The normalized spacial score (nSPS) is 10.6. The van der Waals surface area contributed by atoms with Gasteiger partial charge in [-0.15, -0.1) is 0 Å². The van der Waals surface area contributed by atoms with Crippen LogP contribution in [-0.2, 0) is 11.3 Å². The highest BCUT2D eigenvalue weighted by Crippen LogP contribution is 2.35. The quantitative estimate of drug-likeness (QED) is 0.297. The van der Waals surface area contributed by atoms with Crippen LogP contribution >= 0.6 is 39.1 Å². The van der Waals surface area contributed by atoms with Gasteiger partial charge in [0.1, 0.15) is 17.3 Å². The highest BCUT2D eigenvalue weighted by atomic mass is 79.9. The molecule has 0 atom stereocenters. The maximum absolute atomic E-state index is 15.0. The number of hydrogen-bond donors (Lipinski definition) is 3. The summed E-state index contributed by atoms with van der Waals surface area (Å²) < 4.78 is 52.7. The Morgan fingerprint density at radius 1 is 1.28 bits per heavy atom. The zero-order valence-corrected chi connectivity index (χ0v) is 20.9. The van der Waals surface area contributed by atoms with Crippen LogP contribution in [0.25, 0.3) is 0 Å². The number of nitriles is 1. The SMILES string of the molecule is Cc1nc(Cl)c(C(=O)NCc2ccc(Br)c(Oc3cc(Cl)cc(C#N)c3)c2F)[nH]1.O=C(O)C(F)(F)F. The first-order valence-corrected chi connectivity index (χ1v) is 10.9. The molecule has 8 nitrogen and oxygen atoms in total. The van der Waals surface area contributed by atoms with Crippen molar-refractivity contribution >= 4 is 51.0 Å². The molecule has 0 aliphatic heterocycles. The fraction of sp³-hybridized carbons (Fsp3) is 0.143. The lowest BCUT2D eigenvalue weighted by atomic mass is 10.2. The number of rotatable bonds is 5. The zero-order chi connectivity index (χ0) is 27.2. The standard InChI is InChI=1S/C19H12BrCl2FN4O2.C2HF3O2/c1-9-26-16(18(22)27-9)19(28)25-8-11-2-3-14(20)17(15(11)23)29-13-5-10(7-24)4-12(21)6-13;3-2(4,5)1(6)7/h2-6H,8H2,1H3,(H,25,28)(H,26,27);(H,6,7). The number of benzene rings is 2. The molecule has 0 saturated carbocycles. The zero-order valence-electron chi connectivity index (χ0n) is 17.8. The minimum absolute atomic E-state index is 0.0366. The Hall–Kier alpha value is -3.34. The number of carboxylic acid groups (broad SMARTS) is 1. The largest absolute Gasteiger partial charge is 0.490 e. The summed E-state index contributed by atoms with van der Waals surface area (Å²) in [6.07, 6.45) is -5.08. The average molecular weight is 612 g/mol. The van der Waals surface area contributed by atoms with Gasteiger partial charge in [-0.05, 0) is 47.1 Å². The molecule has 0 radical (unpaired) electrons. The second kappa shape index (κ2) is 12.1. The number of aromatic nitrogens is 2. The van der Waals surface area contributed by atoms with Gasteiger partial charge in [0.05, 0.1) is 16.1 Å². The van der Waals surface area contributed by atoms with E-state index in [1.807, 2.05) is 6.07 Å². The van der Waals surface area contributed by atoms with Gasteiger partial charge < -0.3 is 20.1 Å². The second-order valence-electron chi connectivity index (χ2n) is 6.71. The van der Waals surface area contributed by atoms with Gasteiger partial charge in [-0.1, -0.05) is 29.3 Å². The van der Waals surface area contributed by atoms with Crippen LogP contribution in [0.4, 0.5) is 17.6 Å². The summed E-state index contributed by atoms with van der Waals surface area (Å²) in [4.78, 5) is 27.8. The summed E-state index contributed by atoms with van der Waals surface area (Å²) in [5.41, 5.74) is 0.562. The minimum Gasteiger partial charge on any atom is -0.475 e. The molecule has 0 aliphatic rings. The summed E-state index contributed by atoms with van der Waals surface area (Å²) >= 11 is 15.1. The molecule has 0 aliphatic carbocycles. The van der Waals surface area contributed by atoms with Crippen molar-refractivity contribution in [2.24, 2.45) is 0 Å². The smallest absolute Gasteiger partial charge is 0.475 e. The first-order valence-electron chi connectivity index (χ1n) is 9.38. The molecule has 0 bridgehead atoms. The van der Waals surface area contributed by atoms with Crippen molar-refractivity contribution in [3.8, 4) is 17.6 Å². The maximum Gasteiger partial charge on any atom is 0.490 e. The van der Waals surface area contributed by atoms with Crippen molar-refractivity contribution in [2.75, 3.05) is 0 Å². The third-order valence-corrected chi connectivity index (χ3v) is 5.15. The summed E-state index contributed by atoms with van der Waals surface area (Å²) in [6, 6.07) is 9.41. The van der Waals surface area contributed by atoms with Crippen LogP contribution in [0.2, 0.25) is 10.2 Å². The number of imidazole rings is 1. The van der Waals surface area contributed by atoms with E-state index in [4.69, 9.17) is 43.1 Å². The number of alkyl halides is 3. The summed E-state index contributed by atoms with van der Waals surface area (Å²) in [6.45, 7) is 1.55. The number of H-pyrrole nitrogens is 1. The lowest BCUT2D eigenvalue weighted by Gasteiger charge is -2.13. The van der Waals surface area contributed by atoms with Crippen LogP contribution in [0.1, 0.15) is 27.4 Å². The molecule has 1 heterocycles. The Bertz CT molecular complexity index is 1340. The Morgan fingerprint density at radius 2 is 1.92 bits per heavy atom. The van der Waals surface area contributed by atoms with E-state index in [2.05, 4.69) is 31.2 Å². The molecule has 0 saturated heterocycles. The van der Waals surface area contributed by atoms with E-state index in [1.54, 1.807) is 13.0 Å². The highest BCUT2D eigenvalue weighted by Gasteiger charge is 2.38. The lowest BCUT2D eigenvalue weighted by Crippen LogP contribution is -2.24. The Kier molecular flexibility index (Phi) is 9.69. The van der Waals surface area contributed by atoms with Gasteiger partial charge in [-0.25, -0.2) is 14.2 Å². The van der Waals surface area contributed by atoms with Gasteiger partial charge in [0.15, 0.2) is 16.7 Å². The van der Waals surface area contributed by atoms with Crippen LogP contribution in [-0.4, -0.2) is 33.1 Å². The molecule has 0 unspecified atom stereocenters. The third-order valence-electron chi connectivity index (χ3n) is 4.04. The number of nitrogens with one attached hydrogen (secondary N) is 2. The molecule has 15 heteroatoms. The first kappa shape index (κ1) is 28.9. The van der Waals surface area contributed by atoms with E-state index in [1.165, 1.54) is 24.3 Å². The molecular weight excluding hydrogens is 599 g/mol. The van der Waals surface area contributed by atoms with Gasteiger partial charge in [0.2, 0.25) is 0 Å². The molecular formula is C21H13BrCl2F4N4O4. The molecule has 36 heavy (non-hydrogen) atoms. The second-order valence-corrected chi connectivity index (χ2v) is 8.36. The molecule has 1 amide bonds. The van der Waals surface area contributed by atoms with Gasteiger partial charge in [-0.3, -0.25) is 4.79 Å². The number of amides is 1. The van der Waals surface area contributed by atoms with E-state index in [0.717, 1.165) is 0 Å². The summed E-state index contributed by atoms with van der Waals surface area (Å²) in [5.74, 6) is -3.36. The topological polar surface area (TPSA) is 128 Å². The first-order chi connectivity index (χ1) is 16.7. The van der Waals surface area contributed by atoms with E-state index in [-0.39, 0.29) is 45.0 Å².